The molecule has 156 valence electrons. The summed E-state index contributed by atoms with van der Waals surface area (Å²) >= 11 is 0. The number of aromatic nitrogens is 7. The van der Waals surface area contributed by atoms with Crippen LogP contribution in [-0.4, -0.2) is 40.2 Å². The van der Waals surface area contributed by atoms with Crippen molar-refractivity contribution >= 4 is 5.52 Å². The highest BCUT2D eigenvalue weighted by Gasteiger charge is 2.60. The third-order valence-electron chi connectivity index (χ3n) is 6.94. The summed E-state index contributed by atoms with van der Waals surface area (Å²) in [4.78, 5) is 4.93. The predicted octanol–water partition coefficient (Wildman–Crippen LogP) is 2.50. The lowest BCUT2D eigenvalue weighted by atomic mass is 9.46. The first-order chi connectivity index (χ1) is 15.0. The van der Waals surface area contributed by atoms with Gasteiger partial charge < -0.3 is 5.73 Å². The second-order valence-electron chi connectivity index (χ2n) is 9.29. The first-order valence-electron chi connectivity index (χ1n) is 10.5. The van der Waals surface area contributed by atoms with E-state index in [4.69, 9.17) is 15.8 Å². The van der Waals surface area contributed by atoms with E-state index in [1.54, 1.807) is 17.1 Å². The van der Waals surface area contributed by atoms with E-state index in [-0.39, 0.29) is 5.54 Å². The Morgan fingerprint density at radius 3 is 2.65 bits per heavy atom. The van der Waals surface area contributed by atoms with Crippen molar-refractivity contribution in [3.8, 4) is 28.6 Å². The van der Waals surface area contributed by atoms with E-state index >= 15 is 0 Å². The molecule has 1 spiro atoms. The molecule has 2 aliphatic carbocycles. The van der Waals surface area contributed by atoms with Gasteiger partial charge in [0.1, 0.15) is 0 Å². The molecule has 2 aliphatic rings. The normalized spacial score (nSPS) is 27.2. The maximum absolute atomic E-state index is 9.50. The fourth-order valence-corrected chi connectivity index (χ4v) is 5.74. The Balaban J connectivity index is 1.40. The van der Waals surface area contributed by atoms with Crippen LogP contribution in [0, 0.1) is 16.7 Å². The molecule has 0 aliphatic heterocycles. The second-order valence-corrected chi connectivity index (χ2v) is 9.29. The number of fused-ring (bicyclic) bond motifs is 1. The Kier molecular flexibility index (Phi) is 3.68. The number of rotatable bonds is 4. The molecule has 0 bridgehead atoms. The number of hydrogen-bond donors (Lipinski definition) is 1. The van der Waals surface area contributed by atoms with Crippen LogP contribution in [0.2, 0.25) is 0 Å². The molecule has 9 nitrogen and oxygen atoms in total. The van der Waals surface area contributed by atoms with Crippen LogP contribution in [0.1, 0.15) is 32.1 Å². The smallest absolute Gasteiger partial charge is 0.0999 e. The van der Waals surface area contributed by atoms with Gasteiger partial charge >= 0.3 is 0 Å². The molecule has 0 saturated heterocycles. The first kappa shape index (κ1) is 18.3. The second kappa shape index (κ2) is 6.25. The van der Waals surface area contributed by atoms with E-state index in [1.165, 1.54) is 0 Å². The lowest BCUT2D eigenvalue weighted by Crippen LogP contribution is -2.61. The molecule has 0 radical (unpaired) electrons. The van der Waals surface area contributed by atoms with Crippen LogP contribution < -0.4 is 5.73 Å². The maximum Gasteiger partial charge on any atom is 0.0999 e. The third kappa shape index (κ3) is 2.72. The van der Waals surface area contributed by atoms with E-state index in [9.17, 15) is 5.26 Å². The van der Waals surface area contributed by atoms with Crippen molar-refractivity contribution in [1.82, 2.24) is 34.2 Å². The summed E-state index contributed by atoms with van der Waals surface area (Å²) in [5.74, 6) is 0. The summed E-state index contributed by atoms with van der Waals surface area (Å²) in [6.07, 6.45) is 15.8. The van der Waals surface area contributed by atoms with Crippen LogP contribution in [0.25, 0.3) is 28.0 Å². The average Bonchev–Trinajstić information content (AvgIpc) is 3.44. The summed E-state index contributed by atoms with van der Waals surface area (Å²) in [6, 6.07) is 4.64. The molecule has 31 heavy (non-hydrogen) atoms. The lowest BCUT2D eigenvalue weighted by Gasteiger charge is -2.62. The molecular formula is C22H23N9. The molecule has 4 aromatic heterocycles. The van der Waals surface area contributed by atoms with Crippen LogP contribution in [0.3, 0.4) is 0 Å². The lowest BCUT2D eigenvalue weighted by molar-refractivity contribution is -0.0993. The zero-order chi connectivity index (χ0) is 21.2. The standard InChI is InChI=1S/C22H23N9/c1-29-10-15(8-26-29)18-12-30-19(2-5-25-30)20(28-18)16-9-27-31(11-16)22(3-4-23)13-21(14-22)6-17(24)7-21/h2,5,8-12,17H,3,6-7,13-14,24H2,1H3. The van der Waals surface area contributed by atoms with Crippen LogP contribution in [-0.2, 0) is 12.6 Å². The SMILES string of the molecule is Cn1cc(-c2cn3nccc3c(-c3cnn(C4(CC#N)CC5(CC(N)C5)C4)c3)n2)cn1. The highest BCUT2D eigenvalue weighted by molar-refractivity contribution is 5.78. The largest absolute Gasteiger partial charge is 0.328 e. The third-order valence-corrected chi connectivity index (χ3v) is 6.94. The van der Waals surface area contributed by atoms with Crippen LogP contribution >= 0.6 is 0 Å². The topological polar surface area (TPSA) is 116 Å². The zero-order valence-electron chi connectivity index (χ0n) is 17.3. The van der Waals surface area contributed by atoms with Gasteiger partial charge in [0.2, 0.25) is 0 Å². The van der Waals surface area contributed by atoms with Crippen molar-refractivity contribution in [2.45, 2.75) is 43.7 Å². The Morgan fingerprint density at radius 1 is 1.13 bits per heavy atom. The maximum atomic E-state index is 9.50. The number of nitrogens with two attached hydrogens (primary N) is 1. The first-order valence-corrected chi connectivity index (χ1v) is 10.5. The predicted molar refractivity (Wildman–Crippen MR) is 113 cm³/mol. The summed E-state index contributed by atoms with van der Waals surface area (Å²) in [5, 5.41) is 22.9. The summed E-state index contributed by atoms with van der Waals surface area (Å²) < 4.78 is 5.58. The Bertz CT molecular complexity index is 1320. The minimum Gasteiger partial charge on any atom is -0.328 e. The van der Waals surface area contributed by atoms with Crippen molar-refractivity contribution in [2.75, 3.05) is 0 Å². The Hall–Kier alpha value is -3.51. The van der Waals surface area contributed by atoms with Crippen LogP contribution in [0.5, 0.6) is 0 Å². The molecule has 0 amide bonds. The van der Waals surface area contributed by atoms with Gasteiger partial charge in [-0.25, -0.2) is 9.50 Å². The van der Waals surface area contributed by atoms with Gasteiger partial charge in [0.05, 0.1) is 59.7 Å². The van der Waals surface area contributed by atoms with Gasteiger partial charge in [0, 0.05) is 36.6 Å². The van der Waals surface area contributed by atoms with E-state index in [0.717, 1.165) is 53.7 Å². The molecule has 9 heteroatoms. The van der Waals surface area contributed by atoms with E-state index in [1.807, 2.05) is 47.1 Å². The molecule has 2 saturated carbocycles. The average molecular weight is 413 g/mol. The van der Waals surface area contributed by atoms with Crippen molar-refractivity contribution < 1.29 is 0 Å². The quantitative estimate of drug-likeness (QED) is 0.550. The van der Waals surface area contributed by atoms with Gasteiger partial charge in [-0.2, -0.15) is 20.6 Å². The van der Waals surface area contributed by atoms with Crippen molar-refractivity contribution in [2.24, 2.45) is 18.2 Å². The van der Waals surface area contributed by atoms with Gasteiger partial charge in [0.25, 0.3) is 0 Å². The Labute approximate surface area is 179 Å². The minimum absolute atomic E-state index is 0.245. The van der Waals surface area contributed by atoms with Gasteiger partial charge in [-0.05, 0) is 37.2 Å². The van der Waals surface area contributed by atoms with Gasteiger partial charge in [-0.15, -0.1) is 0 Å². The molecule has 2 N–H and O–H groups in total. The monoisotopic (exact) mass is 413 g/mol. The van der Waals surface area contributed by atoms with Gasteiger partial charge in [-0.1, -0.05) is 0 Å². The fraction of sp³-hybridized carbons (Fsp3) is 0.409. The number of hydrogen-bond acceptors (Lipinski definition) is 6. The van der Waals surface area contributed by atoms with Gasteiger partial charge in [0.15, 0.2) is 0 Å². The Morgan fingerprint density at radius 2 is 1.94 bits per heavy atom. The zero-order valence-corrected chi connectivity index (χ0v) is 17.3. The highest BCUT2D eigenvalue weighted by atomic mass is 15.3. The molecule has 4 aromatic rings. The van der Waals surface area contributed by atoms with Crippen LogP contribution in [0.4, 0.5) is 0 Å². The van der Waals surface area contributed by atoms with Gasteiger partial charge in [-0.3, -0.25) is 9.36 Å². The fourth-order valence-electron chi connectivity index (χ4n) is 5.74. The minimum atomic E-state index is -0.245. The van der Waals surface area contributed by atoms with E-state index < -0.39 is 0 Å². The summed E-state index contributed by atoms with van der Waals surface area (Å²) in [6.45, 7) is 0. The summed E-state index contributed by atoms with van der Waals surface area (Å²) in [5.41, 5.74) is 10.5. The van der Waals surface area contributed by atoms with E-state index in [2.05, 4.69) is 16.3 Å². The number of nitrogens with zero attached hydrogens (tertiary/aromatic N) is 8. The number of aryl methyl sites for hydroxylation is 1. The number of nitriles is 1. The van der Waals surface area contributed by atoms with Crippen molar-refractivity contribution in [3.05, 3.63) is 43.2 Å². The molecule has 2 fully saturated rings. The molecular weight excluding hydrogens is 390 g/mol. The van der Waals surface area contributed by atoms with Crippen molar-refractivity contribution in [3.63, 3.8) is 0 Å². The van der Waals surface area contributed by atoms with Crippen LogP contribution in [0.15, 0.2) is 43.2 Å². The molecule has 4 heterocycles. The summed E-state index contributed by atoms with van der Waals surface area (Å²) in [7, 11) is 1.88. The highest BCUT2D eigenvalue weighted by Crippen LogP contribution is 2.63. The molecule has 0 aromatic carbocycles. The molecule has 0 atom stereocenters. The van der Waals surface area contributed by atoms with E-state index in [0.29, 0.717) is 17.9 Å². The molecule has 0 unspecified atom stereocenters. The van der Waals surface area contributed by atoms with Crippen molar-refractivity contribution in [1.29, 1.82) is 5.26 Å². The molecule has 6 rings (SSSR count).